The number of piperazine rings is 1. The van der Waals surface area contributed by atoms with Crippen LogP contribution in [0.4, 0.5) is 11.6 Å². The van der Waals surface area contributed by atoms with Gasteiger partial charge in [-0.25, -0.2) is 9.97 Å². The molecular formula is C27H33N5O2S. The number of anilines is 2. The third-order valence-electron chi connectivity index (χ3n) is 7.02. The van der Waals surface area contributed by atoms with Gasteiger partial charge in [-0.3, -0.25) is 4.90 Å². The van der Waals surface area contributed by atoms with Crippen LogP contribution in [0.25, 0.3) is 21.0 Å². The fraction of sp³-hybridized carbons (Fsp3) is 0.407. The maximum atomic E-state index is 12.5. The molecule has 1 atom stereocenters. The Morgan fingerprint density at radius 2 is 1.94 bits per heavy atom. The van der Waals surface area contributed by atoms with Crippen molar-refractivity contribution in [2.45, 2.75) is 39.3 Å². The number of thiophene rings is 1. The minimum Gasteiger partial charge on any atom is -0.633 e. The predicted molar refractivity (Wildman–Crippen MR) is 144 cm³/mol. The largest absolute Gasteiger partial charge is 0.633 e. The second-order valence-corrected chi connectivity index (χ2v) is 11.6. The highest BCUT2D eigenvalue weighted by molar-refractivity contribution is 7.19. The van der Waals surface area contributed by atoms with Crippen LogP contribution in [0.5, 0.6) is 0 Å². The zero-order valence-electron chi connectivity index (χ0n) is 20.8. The van der Waals surface area contributed by atoms with Crippen molar-refractivity contribution in [3.8, 4) is 0 Å². The lowest BCUT2D eigenvalue weighted by Gasteiger charge is -2.48. The van der Waals surface area contributed by atoms with E-state index < -0.39 is 6.23 Å². The van der Waals surface area contributed by atoms with Crippen molar-refractivity contribution in [3.05, 3.63) is 64.3 Å². The van der Waals surface area contributed by atoms with Crippen molar-refractivity contribution in [1.82, 2.24) is 14.9 Å². The van der Waals surface area contributed by atoms with Gasteiger partial charge < -0.3 is 20.3 Å². The highest BCUT2D eigenvalue weighted by atomic mass is 32.1. The number of hydrogen-bond donors (Lipinski definition) is 2. The number of nitrogens with zero attached hydrogens (tertiary/aromatic N) is 4. The van der Waals surface area contributed by atoms with Crippen LogP contribution in [0.15, 0.2) is 48.7 Å². The van der Waals surface area contributed by atoms with Crippen LogP contribution >= 0.6 is 11.3 Å². The molecule has 8 heteroatoms. The third-order valence-corrected chi connectivity index (χ3v) is 8.16. The smallest absolute Gasteiger partial charge is 0.227 e. The molecule has 0 amide bonds. The first-order valence-corrected chi connectivity index (χ1v) is 13.0. The Labute approximate surface area is 210 Å². The normalized spacial score (nSPS) is 17.7. The lowest BCUT2D eigenvalue weighted by molar-refractivity contribution is -0.883. The van der Waals surface area contributed by atoms with Gasteiger partial charge in [0.05, 0.1) is 38.2 Å². The van der Waals surface area contributed by atoms with Gasteiger partial charge in [-0.2, -0.15) is 0 Å². The van der Waals surface area contributed by atoms with Gasteiger partial charge in [0.25, 0.3) is 0 Å². The van der Waals surface area contributed by atoms with E-state index in [1.807, 2.05) is 42.3 Å². The first-order chi connectivity index (χ1) is 16.6. The molecule has 2 N–H and O–H groups in total. The molecule has 1 saturated heterocycles. The third kappa shape index (κ3) is 4.90. The quantitative estimate of drug-likeness (QED) is 0.282. The van der Waals surface area contributed by atoms with Crippen molar-refractivity contribution in [2.75, 3.05) is 38.0 Å². The average molecular weight is 492 g/mol. The van der Waals surface area contributed by atoms with E-state index in [0.29, 0.717) is 38.7 Å². The van der Waals surface area contributed by atoms with Crippen LogP contribution in [0.1, 0.15) is 44.4 Å². The van der Waals surface area contributed by atoms with E-state index in [0.717, 1.165) is 31.6 Å². The number of rotatable bonds is 5. The van der Waals surface area contributed by atoms with Gasteiger partial charge in [-0.1, -0.05) is 32.9 Å². The van der Waals surface area contributed by atoms with Crippen molar-refractivity contribution in [2.24, 2.45) is 0 Å². The Hall–Kier alpha value is -2.62. The molecule has 1 aliphatic heterocycles. The van der Waals surface area contributed by atoms with Gasteiger partial charge in [-0.15, -0.1) is 11.3 Å². The minimum absolute atomic E-state index is 0.0567. The molecule has 0 bridgehead atoms. The van der Waals surface area contributed by atoms with E-state index in [1.54, 1.807) is 11.3 Å². The molecule has 4 aromatic rings. The first kappa shape index (κ1) is 24.1. The van der Waals surface area contributed by atoms with E-state index in [1.165, 1.54) is 5.56 Å². The van der Waals surface area contributed by atoms with Gasteiger partial charge in [0.15, 0.2) is 0 Å². The fourth-order valence-corrected chi connectivity index (χ4v) is 5.68. The molecular weight excluding hydrogens is 458 g/mol. The summed E-state index contributed by atoms with van der Waals surface area (Å²) in [5, 5.41) is 28.9. The molecule has 1 fully saturated rings. The Morgan fingerprint density at radius 3 is 2.66 bits per heavy atom. The molecule has 0 spiro atoms. The topological polar surface area (TPSA) is 84.3 Å². The Bertz CT molecular complexity index is 1350. The maximum absolute atomic E-state index is 12.5. The van der Waals surface area contributed by atoms with Gasteiger partial charge in [0.2, 0.25) is 5.95 Å². The summed E-state index contributed by atoms with van der Waals surface area (Å²) in [6.07, 6.45) is 1.12. The Kier molecular flexibility index (Phi) is 6.27. The lowest BCUT2D eigenvalue weighted by Crippen LogP contribution is -2.56. The van der Waals surface area contributed by atoms with E-state index >= 15 is 0 Å². The summed E-state index contributed by atoms with van der Waals surface area (Å²) >= 11 is 1.58. The molecule has 0 radical (unpaired) electrons. The van der Waals surface area contributed by atoms with E-state index in [2.05, 4.69) is 49.3 Å². The molecule has 35 heavy (non-hydrogen) atoms. The average Bonchev–Trinajstić information content (AvgIpc) is 3.29. The number of benzene rings is 2. The summed E-state index contributed by atoms with van der Waals surface area (Å²) < 4.78 is 0.900. The molecule has 184 valence electrons. The maximum Gasteiger partial charge on any atom is 0.227 e. The van der Waals surface area contributed by atoms with E-state index in [9.17, 15) is 10.3 Å². The molecule has 3 heterocycles. The second-order valence-electron chi connectivity index (χ2n) is 10.4. The highest BCUT2D eigenvalue weighted by Crippen LogP contribution is 2.36. The SMILES string of the molecule is CC[N+]1([O-])CCN(C(O)c2cc3c(ccc4cnc(Nc5cccc(C(C)(C)C)c5)nc43)s2)CC1. The summed E-state index contributed by atoms with van der Waals surface area (Å²) in [5.41, 5.74) is 3.12. The summed E-state index contributed by atoms with van der Waals surface area (Å²) in [6.45, 7) is 11.3. The number of hydroxylamine groups is 3. The van der Waals surface area contributed by atoms with Crippen molar-refractivity contribution in [3.63, 3.8) is 0 Å². The van der Waals surface area contributed by atoms with Crippen molar-refractivity contribution in [1.29, 1.82) is 0 Å². The Morgan fingerprint density at radius 1 is 1.17 bits per heavy atom. The number of aliphatic hydroxyl groups is 1. The standard InChI is InChI=1S/C27H33N5O2S/c1-5-32(34)13-11-31(12-14-32)25(33)23-16-21-22(35-23)10-9-18-17-28-26(30-24(18)21)29-20-8-6-7-19(15-20)27(2,3)4/h6-10,15-17,25,33H,5,11-14H2,1-4H3,(H,28,29,30). The molecule has 0 saturated carbocycles. The number of nitrogens with one attached hydrogen (secondary N) is 1. The van der Waals surface area contributed by atoms with Crippen LogP contribution in [0.3, 0.4) is 0 Å². The van der Waals surface area contributed by atoms with E-state index in [-0.39, 0.29) is 10.1 Å². The highest BCUT2D eigenvalue weighted by Gasteiger charge is 2.29. The number of likely N-dealkylation sites (N-methyl/N-ethyl adjacent to an activating group) is 1. The summed E-state index contributed by atoms with van der Waals surface area (Å²) in [7, 11) is 0. The molecule has 2 aromatic heterocycles. The Balaban J connectivity index is 1.43. The van der Waals surface area contributed by atoms with Gasteiger partial charge in [0.1, 0.15) is 6.23 Å². The van der Waals surface area contributed by atoms with Gasteiger partial charge >= 0.3 is 0 Å². The van der Waals surface area contributed by atoms with Crippen LogP contribution in [0.2, 0.25) is 0 Å². The van der Waals surface area contributed by atoms with Crippen molar-refractivity contribution >= 4 is 44.0 Å². The monoisotopic (exact) mass is 491 g/mol. The van der Waals surface area contributed by atoms with E-state index in [4.69, 9.17) is 4.98 Å². The molecule has 1 unspecified atom stereocenters. The van der Waals surface area contributed by atoms with Crippen molar-refractivity contribution < 1.29 is 9.75 Å². The number of aromatic nitrogens is 2. The number of aliphatic hydroxyl groups excluding tert-OH is 1. The molecule has 1 aliphatic rings. The number of hydrogen-bond acceptors (Lipinski definition) is 7. The summed E-state index contributed by atoms with van der Waals surface area (Å²) in [6, 6.07) is 14.5. The molecule has 5 rings (SSSR count). The van der Waals surface area contributed by atoms with Gasteiger partial charge in [-0.05, 0) is 48.2 Å². The zero-order chi connectivity index (χ0) is 24.8. The van der Waals surface area contributed by atoms with Gasteiger partial charge in [0, 0.05) is 32.2 Å². The second kappa shape index (κ2) is 9.11. The van der Waals surface area contributed by atoms with Crippen LogP contribution in [-0.4, -0.2) is 57.3 Å². The summed E-state index contributed by atoms with van der Waals surface area (Å²) in [4.78, 5) is 12.3. The predicted octanol–water partition coefficient (Wildman–Crippen LogP) is 5.53. The molecule has 0 aliphatic carbocycles. The molecule has 7 nitrogen and oxygen atoms in total. The minimum atomic E-state index is -0.715. The van der Waals surface area contributed by atoms with Crippen LogP contribution < -0.4 is 5.32 Å². The van der Waals surface area contributed by atoms with Crippen LogP contribution in [0, 0.1) is 5.21 Å². The zero-order valence-corrected chi connectivity index (χ0v) is 21.6. The number of fused-ring (bicyclic) bond motifs is 3. The fourth-order valence-electron chi connectivity index (χ4n) is 4.59. The lowest BCUT2D eigenvalue weighted by atomic mass is 9.87. The first-order valence-electron chi connectivity index (χ1n) is 12.2. The molecule has 2 aromatic carbocycles. The van der Waals surface area contributed by atoms with Crippen LogP contribution in [-0.2, 0) is 5.41 Å². The summed E-state index contributed by atoms with van der Waals surface area (Å²) in [5.74, 6) is 0.546. The number of quaternary nitrogens is 1.